The SMILES string of the molecule is CC(=O)O[C@@H]1C(=O)N(C)[C@@](O)([C@H](O)c2ccccc2)[C@H]1c1ccccc1. The number of carbonyl (C=O) groups excluding carboxylic acids is 2. The molecule has 0 spiro atoms. The van der Waals surface area contributed by atoms with Crippen molar-refractivity contribution in [2.75, 3.05) is 7.05 Å². The van der Waals surface area contributed by atoms with Crippen LogP contribution >= 0.6 is 0 Å². The maximum absolute atomic E-state index is 12.8. The van der Waals surface area contributed by atoms with Gasteiger partial charge >= 0.3 is 5.97 Å². The highest BCUT2D eigenvalue weighted by Gasteiger charge is 2.62. The maximum atomic E-state index is 12.8. The minimum absolute atomic E-state index is 0.457. The van der Waals surface area contributed by atoms with Crippen molar-refractivity contribution in [2.45, 2.75) is 30.8 Å². The van der Waals surface area contributed by atoms with E-state index in [1.165, 1.54) is 14.0 Å². The Labute approximate surface area is 151 Å². The van der Waals surface area contributed by atoms with E-state index in [2.05, 4.69) is 0 Å². The molecule has 2 N–H and O–H groups in total. The molecule has 136 valence electrons. The first-order valence-corrected chi connectivity index (χ1v) is 8.32. The number of aliphatic hydroxyl groups is 2. The van der Waals surface area contributed by atoms with Crippen molar-refractivity contribution in [2.24, 2.45) is 0 Å². The van der Waals surface area contributed by atoms with Gasteiger partial charge in [0.15, 0.2) is 11.8 Å². The second-order valence-corrected chi connectivity index (χ2v) is 6.41. The molecule has 2 aromatic rings. The Morgan fingerprint density at radius 3 is 2.19 bits per heavy atom. The highest BCUT2D eigenvalue weighted by Crippen LogP contribution is 2.48. The van der Waals surface area contributed by atoms with E-state index in [1.807, 2.05) is 0 Å². The van der Waals surface area contributed by atoms with Crippen molar-refractivity contribution in [3.8, 4) is 0 Å². The largest absolute Gasteiger partial charge is 0.452 e. The summed E-state index contributed by atoms with van der Waals surface area (Å²) >= 11 is 0. The number of ether oxygens (including phenoxy) is 1. The molecule has 1 saturated heterocycles. The average molecular weight is 355 g/mol. The van der Waals surface area contributed by atoms with Gasteiger partial charge in [0.2, 0.25) is 0 Å². The minimum atomic E-state index is -1.97. The van der Waals surface area contributed by atoms with Crippen molar-refractivity contribution >= 4 is 11.9 Å². The number of carbonyl (C=O) groups is 2. The standard InChI is InChI=1S/C20H21NO5/c1-13(22)26-17-16(14-9-5-3-6-10-14)20(25,21(2)19(17)24)18(23)15-11-7-4-8-12-15/h3-12,16-18,23,25H,1-2H3/t16-,17-,18+,20-/m0/s1. The highest BCUT2D eigenvalue weighted by molar-refractivity contribution is 5.88. The molecule has 3 rings (SSSR count). The highest BCUT2D eigenvalue weighted by atomic mass is 16.6. The molecule has 6 heteroatoms. The number of esters is 1. The Morgan fingerprint density at radius 1 is 1.12 bits per heavy atom. The number of nitrogens with zero attached hydrogens (tertiary/aromatic N) is 1. The van der Waals surface area contributed by atoms with Crippen LogP contribution in [0.5, 0.6) is 0 Å². The first-order chi connectivity index (χ1) is 12.4. The molecule has 0 aromatic heterocycles. The van der Waals surface area contributed by atoms with Crippen molar-refractivity contribution in [1.82, 2.24) is 4.90 Å². The fourth-order valence-corrected chi connectivity index (χ4v) is 3.55. The second kappa shape index (κ2) is 6.90. The molecular weight excluding hydrogens is 334 g/mol. The van der Waals surface area contributed by atoms with Crippen molar-refractivity contribution in [3.63, 3.8) is 0 Å². The fraction of sp³-hybridized carbons (Fsp3) is 0.300. The smallest absolute Gasteiger partial charge is 0.303 e. The lowest BCUT2D eigenvalue weighted by molar-refractivity contribution is -0.174. The monoisotopic (exact) mass is 355 g/mol. The van der Waals surface area contributed by atoms with Gasteiger partial charge in [0.1, 0.15) is 6.10 Å². The number of likely N-dealkylation sites (tertiary alicyclic amines) is 1. The van der Waals surface area contributed by atoms with Crippen LogP contribution in [0.4, 0.5) is 0 Å². The number of rotatable bonds is 4. The van der Waals surface area contributed by atoms with E-state index in [1.54, 1.807) is 60.7 Å². The summed E-state index contributed by atoms with van der Waals surface area (Å²) in [6.45, 7) is 1.21. The second-order valence-electron chi connectivity index (χ2n) is 6.41. The van der Waals surface area contributed by atoms with Gasteiger partial charge in [-0.1, -0.05) is 60.7 Å². The summed E-state index contributed by atoms with van der Waals surface area (Å²) in [6, 6.07) is 17.4. The van der Waals surface area contributed by atoms with Gasteiger partial charge in [-0.3, -0.25) is 9.59 Å². The van der Waals surface area contributed by atoms with Crippen LogP contribution in [0.3, 0.4) is 0 Å². The molecule has 1 aliphatic rings. The predicted octanol–water partition coefficient (Wildman–Crippen LogP) is 1.60. The van der Waals surface area contributed by atoms with E-state index in [-0.39, 0.29) is 0 Å². The summed E-state index contributed by atoms with van der Waals surface area (Å²) in [5, 5.41) is 22.5. The number of amides is 1. The van der Waals surface area contributed by atoms with Crippen LogP contribution in [0.25, 0.3) is 0 Å². The van der Waals surface area contributed by atoms with E-state index in [4.69, 9.17) is 4.74 Å². The van der Waals surface area contributed by atoms with Crippen LogP contribution in [0.1, 0.15) is 30.1 Å². The molecule has 0 radical (unpaired) electrons. The molecule has 1 heterocycles. The Morgan fingerprint density at radius 2 is 1.65 bits per heavy atom. The molecule has 1 fully saturated rings. The summed E-state index contributed by atoms with van der Waals surface area (Å²) in [6.07, 6.45) is -2.60. The Balaban J connectivity index is 2.13. The van der Waals surface area contributed by atoms with Gasteiger partial charge in [-0.25, -0.2) is 0 Å². The molecule has 0 aliphatic carbocycles. The summed E-state index contributed by atoms with van der Waals surface area (Å²) in [5.74, 6) is -2.14. The van der Waals surface area contributed by atoms with Gasteiger partial charge in [0, 0.05) is 14.0 Å². The summed E-state index contributed by atoms with van der Waals surface area (Å²) in [7, 11) is 1.40. The van der Waals surface area contributed by atoms with Gasteiger partial charge in [-0.05, 0) is 11.1 Å². The van der Waals surface area contributed by atoms with Gasteiger partial charge < -0.3 is 19.8 Å². The minimum Gasteiger partial charge on any atom is -0.452 e. The van der Waals surface area contributed by atoms with E-state index in [0.717, 1.165) is 4.90 Å². The van der Waals surface area contributed by atoms with Gasteiger partial charge in [0.05, 0.1) is 5.92 Å². The topological polar surface area (TPSA) is 87.1 Å². The molecule has 0 unspecified atom stereocenters. The van der Waals surface area contributed by atoms with Gasteiger partial charge in [-0.2, -0.15) is 0 Å². The molecule has 1 amide bonds. The zero-order chi connectivity index (χ0) is 18.9. The number of aliphatic hydroxyl groups excluding tert-OH is 1. The normalized spacial score (nSPS) is 26.6. The Kier molecular flexibility index (Phi) is 4.80. The molecule has 4 atom stereocenters. The summed E-state index contributed by atoms with van der Waals surface area (Å²) in [5.41, 5.74) is -0.923. The van der Waals surface area contributed by atoms with Crippen molar-refractivity contribution in [1.29, 1.82) is 0 Å². The predicted molar refractivity (Wildman–Crippen MR) is 93.9 cm³/mol. The molecule has 0 saturated carbocycles. The van der Waals surface area contributed by atoms with Crippen LogP contribution in [0.2, 0.25) is 0 Å². The van der Waals surface area contributed by atoms with Crippen LogP contribution in [-0.2, 0) is 14.3 Å². The summed E-state index contributed by atoms with van der Waals surface area (Å²) < 4.78 is 5.24. The number of benzene rings is 2. The molecule has 26 heavy (non-hydrogen) atoms. The third-order valence-electron chi connectivity index (χ3n) is 4.84. The van der Waals surface area contributed by atoms with Crippen molar-refractivity contribution in [3.05, 3.63) is 71.8 Å². The lowest BCUT2D eigenvalue weighted by Gasteiger charge is -2.39. The zero-order valence-electron chi connectivity index (χ0n) is 14.6. The van der Waals surface area contributed by atoms with Gasteiger partial charge in [0.25, 0.3) is 5.91 Å². The van der Waals surface area contributed by atoms with E-state index in [9.17, 15) is 19.8 Å². The third kappa shape index (κ3) is 2.87. The average Bonchev–Trinajstić information content (AvgIpc) is 2.84. The molecule has 0 bridgehead atoms. The molecule has 6 nitrogen and oxygen atoms in total. The van der Waals surface area contributed by atoms with Crippen molar-refractivity contribution < 1.29 is 24.5 Å². The molecular formula is C20H21NO5. The Hall–Kier alpha value is -2.70. The summed E-state index contributed by atoms with van der Waals surface area (Å²) in [4.78, 5) is 25.4. The maximum Gasteiger partial charge on any atom is 0.303 e. The molecule has 1 aliphatic heterocycles. The first kappa shape index (κ1) is 18.1. The fourth-order valence-electron chi connectivity index (χ4n) is 3.55. The third-order valence-corrected chi connectivity index (χ3v) is 4.84. The first-order valence-electron chi connectivity index (χ1n) is 8.32. The quantitative estimate of drug-likeness (QED) is 0.814. The van der Waals surface area contributed by atoms with Gasteiger partial charge in [-0.15, -0.1) is 0 Å². The lowest BCUT2D eigenvalue weighted by atomic mass is 9.81. The number of hydrogen-bond acceptors (Lipinski definition) is 5. The Bertz CT molecular complexity index is 794. The van der Waals surface area contributed by atoms with E-state index in [0.29, 0.717) is 11.1 Å². The van der Waals surface area contributed by atoms with E-state index >= 15 is 0 Å². The van der Waals surface area contributed by atoms with Crippen LogP contribution in [0, 0.1) is 0 Å². The number of hydrogen-bond donors (Lipinski definition) is 2. The lowest BCUT2D eigenvalue weighted by Crippen LogP contribution is -2.51. The van der Waals surface area contributed by atoms with Crippen LogP contribution < -0.4 is 0 Å². The zero-order valence-corrected chi connectivity index (χ0v) is 14.6. The van der Waals surface area contributed by atoms with E-state index < -0.39 is 35.7 Å². The van der Waals surface area contributed by atoms with Crippen LogP contribution in [0.15, 0.2) is 60.7 Å². The number of likely N-dealkylation sites (N-methyl/N-ethyl adjacent to an activating group) is 1. The molecule has 2 aromatic carbocycles. The van der Waals surface area contributed by atoms with Crippen LogP contribution in [-0.4, -0.2) is 45.9 Å².